The van der Waals surface area contributed by atoms with E-state index >= 15 is 0 Å². The summed E-state index contributed by atoms with van der Waals surface area (Å²) in [5, 5.41) is 30.0. The lowest BCUT2D eigenvalue weighted by Gasteiger charge is -2.06. The highest BCUT2D eigenvalue weighted by Gasteiger charge is 2.20. The SMILES string of the molecule is Cc1oc(-n2c(C)cc(C=C(C#N)c3ccc([N+](=O)[O-])cc3)c2C)c(C#N)c1C. The Balaban J connectivity index is 2.10. The van der Waals surface area contributed by atoms with Crippen LogP contribution in [0.3, 0.4) is 0 Å². The van der Waals surface area contributed by atoms with E-state index in [1.54, 1.807) is 18.2 Å². The number of furan rings is 1. The van der Waals surface area contributed by atoms with Crippen molar-refractivity contribution in [2.45, 2.75) is 27.7 Å². The zero-order valence-corrected chi connectivity index (χ0v) is 16.5. The van der Waals surface area contributed by atoms with Crippen LogP contribution < -0.4 is 0 Å². The highest BCUT2D eigenvalue weighted by molar-refractivity contribution is 5.90. The lowest BCUT2D eigenvalue weighted by molar-refractivity contribution is -0.384. The molecule has 29 heavy (non-hydrogen) atoms. The molecule has 0 spiro atoms. The van der Waals surface area contributed by atoms with Gasteiger partial charge in [-0.3, -0.25) is 14.7 Å². The molecule has 7 nitrogen and oxygen atoms in total. The van der Waals surface area contributed by atoms with E-state index in [0.717, 1.165) is 22.5 Å². The van der Waals surface area contributed by atoms with Gasteiger partial charge in [-0.1, -0.05) is 0 Å². The van der Waals surface area contributed by atoms with Crippen LogP contribution in [-0.2, 0) is 0 Å². The average Bonchev–Trinajstić information content (AvgIpc) is 3.14. The van der Waals surface area contributed by atoms with Gasteiger partial charge in [0, 0.05) is 29.1 Å². The monoisotopic (exact) mass is 386 g/mol. The fourth-order valence-electron chi connectivity index (χ4n) is 3.24. The van der Waals surface area contributed by atoms with Crippen molar-refractivity contribution in [1.29, 1.82) is 10.5 Å². The van der Waals surface area contributed by atoms with Gasteiger partial charge in [0.25, 0.3) is 5.69 Å². The molecule has 0 saturated heterocycles. The Morgan fingerprint density at radius 3 is 2.38 bits per heavy atom. The van der Waals surface area contributed by atoms with Gasteiger partial charge in [0.2, 0.25) is 5.88 Å². The molecule has 0 N–H and O–H groups in total. The molecular weight excluding hydrogens is 368 g/mol. The summed E-state index contributed by atoms with van der Waals surface area (Å²) in [4.78, 5) is 10.4. The molecular formula is C22H18N4O3. The van der Waals surface area contributed by atoms with Crippen LogP contribution in [0.15, 0.2) is 34.7 Å². The van der Waals surface area contributed by atoms with Crippen molar-refractivity contribution in [1.82, 2.24) is 4.57 Å². The maximum absolute atomic E-state index is 10.8. The molecule has 3 rings (SSSR count). The maximum Gasteiger partial charge on any atom is 0.269 e. The van der Waals surface area contributed by atoms with Crippen LogP contribution in [0.4, 0.5) is 5.69 Å². The molecule has 3 aromatic rings. The standard InChI is InChI=1S/C22H18N4O3/c1-13-9-18(10-19(11-23)17-5-7-20(8-6-17)26(27)28)15(3)25(13)22-21(12-24)14(2)16(4)29-22/h5-10H,1-4H3. The first-order valence-electron chi connectivity index (χ1n) is 8.84. The molecule has 0 aliphatic carbocycles. The summed E-state index contributed by atoms with van der Waals surface area (Å²) in [6.07, 6.45) is 1.73. The van der Waals surface area contributed by atoms with E-state index in [2.05, 4.69) is 12.1 Å². The summed E-state index contributed by atoms with van der Waals surface area (Å²) in [5.74, 6) is 1.15. The van der Waals surface area contributed by atoms with Gasteiger partial charge in [-0.25, -0.2) is 0 Å². The molecule has 1 aromatic carbocycles. The lowest BCUT2D eigenvalue weighted by atomic mass is 10.0. The van der Waals surface area contributed by atoms with Crippen molar-refractivity contribution in [2.75, 3.05) is 0 Å². The van der Waals surface area contributed by atoms with Crippen LogP contribution in [0.2, 0.25) is 0 Å². The van der Waals surface area contributed by atoms with Crippen molar-refractivity contribution in [3.63, 3.8) is 0 Å². The van der Waals surface area contributed by atoms with Gasteiger partial charge in [0.05, 0.1) is 16.6 Å². The predicted molar refractivity (Wildman–Crippen MR) is 108 cm³/mol. The summed E-state index contributed by atoms with van der Waals surface area (Å²) < 4.78 is 7.70. The molecule has 0 saturated carbocycles. The second-order valence-corrected chi connectivity index (χ2v) is 6.71. The molecule has 2 heterocycles. The first-order chi connectivity index (χ1) is 13.8. The number of nitriles is 2. The third kappa shape index (κ3) is 3.42. The lowest BCUT2D eigenvalue weighted by Crippen LogP contribution is -2.00. The third-order valence-corrected chi connectivity index (χ3v) is 4.96. The second kappa shape index (κ2) is 7.49. The largest absolute Gasteiger partial charge is 0.443 e. The Morgan fingerprint density at radius 1 is 1.17 bits per heavy atom. The minimum Gasteiger partial charge on any atom is -0.443 e. The molecule has 0 radical (unpaired) electrons. The van der Waals surface area contributed by atoms with Crippen molar-refractivity contribution in [3.8, 4) is 18.0 Å². The number of hydrogen-bond acceptors (Lipinski definition) is 5. The van der Waals surface area contributed by atoms with Crippen LogP contribution in [0.5, 0.6) is 0 Å². The fraction of sp³-hybridized carbons (Fsp3) is 0.182. The Labute approximate surface area is 167 Å². The predicted octanol–water partition coefficient (Wildman–Crippen LogP) is 5.15. The Kier molecular flexibility index (Phi) is 5.08. The molecule has 0 aliphatic heterocycles. The number of hydrogen-bond donors (Lipinski definition) is 0. The summed E-state index contributed by atoms with van der Waals surface area (Å²) in [7, 11) is 0. The van der Waals surface area contributed by atoms with Crippen molar-refractivity contribution in [3.05, 3.63) is 79.8 Å². The van der Waals surface area contributed by atoms with E-state index in [1.807, 2.05) is 38.3 Å². The molecule has 0 fully saturated rings. The molecule has 0 unspecified atom stereocenters. The van der Waals surface area contributed by atoms with E-state index in [-0.39, 0.29) is 5.69 Å². The Bertz CT molecular complexity index is 1230. The molecule has 144 valence electrons. The quantitative estimate of drug-likeness (QED) is 0.350. The van der Waals surface area contributed by atoms with Crippen LogP contribution >= 0.6 is 0 Å². The number of allylic oxidation sites excluding steroid dienone is 1. The summed E-state index contributed by atoms with van der Waals surface area (Å²) in [6.45, 7) is 7.45. The van der Waals surface area contributed by atoms with Gasteiger partial charge < -0.3 is 4.42 Å². The Morgan fingerprint density at radius 2 is 1.83 bits per heavy atom. The minimum absolute atomic E-state index is 0.0307. The van der Waals surface area contributed by atoms with Gasteiger partial charge in [0.1, 0.15) is 17.4 Å². The van der Waals surface area contributed by atoms with Gasteiger partial charge in [-0.15, -0.1) is 0 Å². The number of rotatable bonds is 4. The smallest absolute Gasteiger partial charge is 0.269 e. The zero-order valence-electron chi connectivity index (χ0n) is 16.5. The molecule has 2 aromatic heterocycles. The topological polar surface area (TPSA) is 109 Å². The number of nitro groups is 1. The van der Waals surface area contributed by atoms with E-state index < -0.39 is 4.92 Å². The van der Waals surface area contributed by atoms with Crippen LogP contribution in [0, 0.1) is 60.5 Å². The molecule has 7 heteroatoms. The van der Waals surface area contributed by atoms with Crippen molar-refractivity contribution >= 4 is 17.3 Å². The number of nitrogens with zero attached hydrogens (tertiary/aromatic N) is 4. The van der Waals surface area contributed by atoms with Crippen LogP contribution in [0.1, 0.15) is 39.4 Å². The normalized spacial score (nSPS) is 11.2. The first kappa shape index (κ1) is 19.7. The highest BCUT2D eigenvalue weighted by Crippen LogP contribution is 2.30. The molecule has 0 atom stereocenters. The number of benzene rings is 1. The highest BCUT2D eigenvalue weighted by atomic mass is 16.6. The average molecular weight is 386 g/mol. The van der Waals surface area contributed by atoms with Gasteiger partial charge in [-0.05, 0) is 63.1 Å². The summed E-state index contributed by atoms with van der Waals surface area (Å²) in [6, 6.07) is 12.1. The molecule has 0 aliphatic rings. The zero-order chi connectivity index (χ0) is 21.3. The van der Waals surface area contributed by atoms with Gasteiger partial charge >= 0.3 is 0 Å². The van der Waals surface area contributed by atoms with Crippen LogP contribution in [-0.4, -0.2) is 9.49 Å². The number of aromatic nitrogens is 1. The summed E-state index contributed by atoms with van der Waals surface area (Å²) in [5.41, 5.74) is 4.70. The van der Waals surface area contributed by atoms with Crippen LogP contribution in [0.25, 0.3) is 17.5 Å². The number of nitro benzene ring substituents is 1. The van der Waals surface area contributed by atoms with Crippen molar-refractivity contribution < 1.29 is 9.34 Å². The number of aryl methyl sites for hydroxylation is 2. The van der Waals surface area contributed by atoms with E-state index in [9.17, 15) is 20.6 Å². The molecule has 0 bridgehead atoms. The third-order valence-electron chi connectivity index (χ3n) is 4.96. The van der Waals surface area contributed by atoms with E-state index in [4.69, 9.17) is 4.42 Å². The first-order valence-corrected chi connectivity index (χ1v) is 8.84. The van der Waals surface area contributed by atoms with Crippen molar-refractivity contribution in [2.24, 2.45) is 0 Å². The van der Waals surface area contributed by atoms with Gasteiger partial charge in [0.15, 0.2) is 0 Å². The summed E-state index contributed by atoms with van der Waals surface area (Å²) >= 11 is 0. The number of non-ortho nitro benzene ring substituents is 1. The second-order valence-electron chi connectivity index (χ2n) is 6.71. The van der Waals surface area contributed by atoms with Gasteiger partial charge in [-0.2, -0.15) is 10.5 Å². The minimum atomic E-state index is -0.479. The fourth-order valence-corrected chi connectivity index (χ4v) is 3.24. The van der Waals surface area contributed by atoms with E-state index in [0.29, 0.717) is 28.3 Å². The molecule has 0 amide bonds. The maximum atomic E-state index is 10.8. The van der Waals surface area contributed by atoms with E-state index in [1.165, 1.54) is 12.1 Å². The Hall–Kier alpha value is -4.10.